The van der Waals surface area contributed by atoms with E-state index in [1.165, 1.54) is 16.9 Å². The molecule has 4 rings (SSSR count). The standard InChI is InChI=1S/C21H27N3O3S2/c25-20(22-18-10-13-23(16-18)15-17-6-2-1-3-7-17)14-19-8-9-21(28-19)29(26,27)24-11-4-5-12-24/h1-3,6-9,18H,4-5,10-16H2,(H,22,25). The van der Waals surface area contributed by atoms with Gasteiger partial charge in [0, 0.05) is 43.6 Å². The van der Waals surface area contributed by atoms with E-state index in [2.05, 4.69) is 22.3 Å². The first-order valence-electron chi connectivity index (χ1n) is 10.2. The molecule has 1 aromatic heterocycles. The molecule has 2 aliphatic heterocycles. The summed E-state index contributed by atoms with van der Waals surface area (Å²) in [7, 11) is -3.40. The van der Waals surface area contributed by atoms with E-state index in [-0.39, 0.29) is 18.4 Å². The molecule has 2 aliphatic rings. The molecule has 2 saturated heterocycles. The van der Waals surface area contributed by atoms with Crippen molar-refractivity contribution in [1.29, 1.82) is 0 Å². The van der Waals surface area contributed by atoms with E-state index in [0.29, 0.717) is 17.3 Å². The van der Waals surface area contributed by atoms with E-state index < -0.39 is 10.0 Å². The Labute approximate surface area is 176 Å². The van der Waals surface area contributed by atoms with Crippen LogP contribution in [-0.2, 0) is 27.8 Å². The summed E-state index contributed by atoms with van der Waals surface area (Å²) in [6.45, 7) is 3.90. The van der Waals surface area contributed by atoms with E-state index >= 15 is 0 Å². The quantitative estimate of drug-likeness (QED) is 0.728. The van der Waals surface area contributed by atoms with Crippen molar-refractivity contribution in [2.45, 2.75) is 42.5 Å². The zero-order chi connectivity index (χ0) is 20.3. The van der Waals surface area contributed by atoms with Gasteiger partial charge in [0.1, 0.15) is 4.21 Å². The number of nitrogens with zero attached hydrogens (tertiary/aromatic N) is 2. The van der Waals surface area contributed by atoms with Crippen molar-refractivity contribution >= 4 is 27.3 Å². The van der Waals surface area contributed by atoms with Gasteiger partial charge in [0.05, 0.1) is 6.42 Å². The SMILES string of the molecule is O=C(Cc1ccc(S(=O)(=O)N2CCCC2)s1)NC1CCN(Cc2ccccc2)C1. The lowest BCUT2D eigenvalue weighted by molar-refractivity contribution is -0.121. The zero-order valence-electron chi connectivity index (χ0n) is 16.4. The van der Waals surface area contributed by atoms with E-state index in [1.54, 1.807) is 16.4 Å². The monoisotopic (exact) mass is 433 g/mol. The normalized spacial score (nSPS) is 20.9. The first kappa shape index (κ1) is 20.5. The second-order valence-corrected chi connectivity index (χ2v) is 11.1. The van der Waals surface area contributed by atoms with Crippen LogP contribution in [0.2, 0.25) is 0 Å². The molecule has 0 saturated carbocycles. The van der Waals surface area contributed by atoms with Gasteiger partial charge in [-0.3, -0.25) is 9.69 Å². The van der Waals surface area contributed by atoms with Gasteiger partial charge in [-0.1, -0.05) is 30.3 Å². The Kier molecular flexibility index (Phi) is 6.34. The van der Waals surface area contributed by atoms with Gasteiger partial charge in [-0.05, 0) is 37.0 Å². The minimum absolute atomic E-state index is 0.0384. The zero-order valence-corrected chi connectivity index (χ0v) is 18.1. The fraction of sp³-hybridized carbons (Fsp3) is 0.476. The number of carbonyl (C=O) groups excluding carboxylic acids is 1. The van der Waals surface area contributed by atoms with Gasteiger partial charge in [0.15, 0.2) is 0 Å². The molecule has 2 fully saturated rings. The number of hydrogen-bond donors (Lipinski definition) is 1. The lowest BCUT2D eigenvalue weighted by atomic mass is 10.2. The molecule has 0 aliphatic carbocycles. The van der Waals surface area contributed by atoms with Crippen LogP contribution in [0, 0.1) is 0 Å². The van der Waals surface area contributed by atoms with Crippen molar-refractivity contribution in [2.24, 2.45) is 0 Å². The minimum Gasteiger partial charge on any atom is -0.352 e. The number of likely N-dealkylation sites (tertiary alicyclic amines) is 1. The molecule has 2 aromatic rings. The summed E-state index contributed by atoms with van der Waals surface area (Å²) in [4.78, 5) is 15.6. The first-order valence-corrected chi connectivity index (χ1v) is 12.4. The van der Waals surface area contributed by atoms with Gasteiger partial charge >= 0.3 is 0 Å². The lowest BCUT2D eigenvalue weighted by Crippen LogP contribution is -2.37. The first-order chi connectivity index (χ1) is 14.0. The largest absolute Gasteiger partial charge is 0.352 e. The number of rotatable bonds is 7. The van der Waals surface area contributed by atoms with Gasteiger partial charge < -0.3 is 5.32 Å². The van der Waals surface area contributed by atoms with Crippen LogP contribution in [0.4, 0.5) is 0 Å². The number of amides is 1. The summed E-state index contributed by atoms with van der Waals surface area (Å²) in [5.41, 5.74) is 1.28. The van der Waals surface area contributed by atoms with Crippen molar-refractivity contribution in [3.8, 4) is 0 Å². The Hall–Kier alpha value is -1.74. The van der Waals surface area contributed by atoms with E-state index in [9.17, 15) is 13.2 Å². The average Bonchev–Trinajstić information content (AvgIpc) is 3.45. The maximum atomic E-state index is 12.6. The second kappa shape index (κ2) is 8.95. The minimum atomic E-state index is -3.40. The molecule has 1 amide bonds. The van der Waals surface area contributed by atoms with Gasteiger partial charge in [-0.2, -0.15) is 4.31 Å². The number of nitrogens with one attached hydrogen (secondary N) is 1. The third-order valence-corrected chi connectivity index (χ3v) is 8.97. The highest BCUT2D eigenvalue weighted by Crippen LogP contribution is 2.27. The molecule has 8 heteroatoms. The number of carbonyl (C=O) groups is 1. The Balaban J connectivity index is 1.28. The van der Waals surface area contributed by atoms with Crippen LogP contribution in [0.1, 0.15) is 29.7 Å². The second-order valence-electron chi connectivity index (χ2n) is 7.78. The average molecular weight is 434 g/mol. The Morgan fingerprint density at radius 2 is 1.83 bits per heavy atom. The summed E-state index contributed by atoms with van der Waals surface area (Å²) >= 11 is 1.21. The van der Waals surface area contributed by atoms with Crippen molar-refractivity contribution in [3.05, 3.63) is 52.9 Å². The molecular formula is C21H27N3O3S2. The van der Waals surface area contributed by atoms with Gasteiger partial charge in [0.2, 0.25) is 5.91 Å². The molecule has 6 nitrogen and oxygen atoms in total. The van der Waals surface area contributed by atoms with Crippen molar-refractivity contribution in [2.75, 3.05) is 26.2 Å². The summed E-state index contributed by atoms with van der Waals surface area (Å²) in [6, 6.07) is 13.9. The smallest absolute Gasteiger partial charge is 0.252 e. The maximum absolute atomic E-state index is 12.6. The number of thiophene rings is 1. The van der Waals surface area contributed by atoms with Crippen molar-refractivity contribution in [3.63, 3.8) is 0 Å². The molecular weight excluding hydrogens is 406 g/mol. The fourth-order valence-electron chi connectivity index (χ4n) is 4.02. The third-order valence-electron chi connectivity index (χ3n) is 5.52. The van der Waals surface area contributed by atoms with Crippen molar-refractivity contribution in [1.82, 2.24) is 14.5 Å². The van der Waals surface area contributed by atoms with Gasteiger partial charge in [-0.15, -0.1) is 11.3 Å². The summed E-state index contributed by atoms with van der Waals surface area (Å²) in [5, 5.41) is 3.11. The van der Waals surface area contributed by atoms with E-state index in [4.69, 9.17) is 0 Å². The lowest BCUT2D eigenvalue weighted by Gasteiger charge is -2.16. The van der Waals surface area contributed by atoms with E-state index in [0.717, 1.165) is 43.8 Å². The molecule has 29 heavy (non-hydrogen) atoms. The molecule has 156 valence electrons. The van der Waals surface area contributed by atoms with Crippen LogP contribution in [-0.4, -0.2) is 55.8 Å². The maximum Gasteiger partial charge on any atom is 0.252 e. The van der Waals surface area contributed by atoms with Gasteiger partial charge in [-0.25, -0.2) is 8.42 Å². The fourth-order valence-corrected chi connectivity index (χ4v) is 7.05. The molecule has 0 spiro atoms. The van der Waals surface area contributed by atoms with Crippen LogP contribution >= 0.6 is 11.3 Å². The number of benzene rings is 1. The van der Waals surface area contributed by atoms with Gasteiger partial charge in [0.25, 0.3) is 10.0 Å². The summed E-state index contributed by atoms with van der Waals surface area (Å²) in [6.07, 6.45) is 3.01. The molecule has 0 radical (unpaired) electrons. The van der Waals surface area contributed by atoms with Crippen LogP contribution in [0.15, 0.2) is 46.7 Å². The highest BCUT2D eigenvalue weighted by molar-refractivity contribution is 7.91. The molecule has 1 N–H and O–H groups in total. The van der Waals surface area contributed by atoms with Crippen LogP contribution in [0.3, 0.4) is 0 Å². The summed E-state index contributed by atoms with van der Waals surface area (Å²) < 4.78 is 27.1. The molecule has 1 atom stereocenters. The van der Waals surface area contributed by atoms with E-state index in [1.807, 2.05) is 18.2 Å². The highest BCUT2D eigenvalue weighted by Gasteiger charge is 2.29. The topological polar surface area (TPSA) is 69.7 Å². The molecule has 3 heterocycles. The van der Waals surface area contributed by atoms with Crippen LogP contribution in [0.25, 0.3) is 0 Å². The summed E-state index contributed by atoms with van der Waals surface area (Å²) in [5.74, 6) is -0.0384. The highest BCUT2D eigenvalue weighted by atomic mass is 32.2. The number of hydrogen-bond acceptors (Lipinski definition) is 5. The molecule has 1 unspecified atom stereocenters. The Bertz CT molecular complexity index is 937. The Morgan fingerprint density at radius 3 is 2.59 bits per heavy atom. The predicted octanol–water partition coefficient (Wildman–Crippen LogP) is 2.47. The predicted molar refractivity (Wildman–Crippen MR) is 114 cm³/mol. The van der Waals surface area contributed by atoms with Crippen molar-refractivity contribution < 1.29 is 13.2 Å². The van der Waals surface area contributed by atoms with Crippen LogP contribution in [0.5, 0.6) is 0 Å². The van der Waals surface area contributed by atoms with Crippen LogP contribution < -0.4 is 5.32 Å². The number of sulfonamides is 1. The third kappa shape index (κ3) is 5.06. The molecule has 1 aromatic carbocycles. The Morgan fingerprint density at radius 1 is 1.07 bits per heavy atom. The molecule has 0 bridgehead atoms.